The van der Waals surface area contributed by atoms with E-state index in [1.54, 1.807) is 9.80 Å². The molecule has 18 heavy (non-hydrogen) atoms. The van der Waals surface area contributed by atoms with Crippen LogP contribution in [0.3, 0.4) is 0 Å². The maximum Gasteiger partial charge on any atom is 0.262 e. The molecule has 2 fully saturated rings. The highest BCUT2D eigenvalue weighted by atomic mass is 79.9. The Morgan fingerprint density at radius 2 is 0.944 bits per heavy atom. The first-order chi connectivity index (χ1) is 8.61. The SMILES string of the molecule is O=C(/C(Br)=C(\Br)C(=O)N1CCCC1)N1CCCC1. The van der Waals surface area contributed by atoms with E-state index in [2.05, 4.69) is 31.9 Å². The van der Waals surface area contributed by atoms with E-state index < -0.39 is 0 Å². The number of rotatable bonds is 2. The molecule has 0 aromatic heterocycles. The fraction of sp³-hybridized carbons (Fsp3) is 0.667. The molecule has 0 N–H and O–H groups in total. The summed E-state index contributed by atoms with van der Waals surface area (Å²) in [6, 6.07) is 0. The minimum Gasteiger partial charge on any atom is -0.338 e. The van der Waals surface area contributed by atoms with Crippen molar-refractivity contribution in [2.45, 2.75) is 25.7 Å². The molecule has 2 aliphatic rings. The van der Waals surface area contributed by atoms with Crippen molar-refractivity contribution in [2.75, 3.05) is 26.2 Å². The predicted molar refractivity (Wildman–Crippen MR) is 76.5 cm³/mol. The normalized spacial score (nSPS) is 21.2. The van der Waals surface area contributed by atoms with Crippen LogP contribution in [0.1, 0.15) is 25.7 Å². The van der Waals surface area contributed by atoms with Gasteiger partial charge >= 0.3 is 0 Å². The highest BCUT2D eigenvalue weighted by Crippen LogP contribution is 2.25. The molecule has 2 heterocycles. The van der Waals surface area contributed by atoms with Gasteiger partial charge in [0.2, 0.25) is 0 Å². The lowest BCUT2D eigenvalue weighted by Crippen LogP contribution is -2.31. The Kier molecular flexibility index (Phi) is 4.84. The molecule has 2 saturated heterocycles. The van der Waals surface area contributed by atoms with E-state index in [4.69, 9.17) is 0 Å². The van der Waals surface area contributed by atoms with E-state index in [0.29, 0.717) is 8.96 Å². The van der Waals surface area contributed by atoms with Crippen LogP contribution in [-0.4, -0.2) is 47.8 Å². The fourth-order valence-electron chi connectivity index (χ4n) is 2.31. The van der Waals surface area contributed by atoms with Crippen LogP contribution in [0.15, 0.2) is 8.96 Å². The third kappa shape index (κ3) is 2.96. The molecule has 0 saturated carbocycles. The molecule has 0 spiro atoms. The average molecular weight is 380 g/mol. The number of hydrogen-bond acceptors (Lipinski definition) is 2. The standard InChI is InChI=1S/C12H16Br2N2O2/c13-9(11(17)15-5-1-2-6-15)10(14)12(18)16-7-3-4-8-16/h1-8H2/b10-9+. The Hall–Kier alpha value is -0.360. The van der Waals surface area contributed by atoms with Crippen molar-refractivity contribution in [1.29, 1.82) is 0 Å². The molecule has 0 aromatic rings. The summed E-state index contributed by atoms with van der Waals surface area (Å²) in [5.41, 5.74) is 0. The van der Waals surface area contributed by atoms with Crippen LogP contribution < -0.4 is 0 Å². The number of hydrogen-bond donors (Lipinski definition) is 0. The van der Waals surface area contributed by atoms with Crippen molar-refractivity contribution in [3.8, 4) is 0 Å². The lowest BCUT2D eigenvalue weighted by Gasteiger charge is -2.18. The zero-order chi connectivity index (χ0) is 13.1. The molecule has 0 aromatic carbocycles. The summed E-state index contributed by atoms with van der Waals surface area (Å²) in [5.74, 6) is -0.182. The van der Waals surface area contributed by atoms with Gasteiger partial charge in [-0.3, -0.25) is 9.59 Å². The van der Waals surface area contributed by atoms with Gasteiger partial charge in [-0.25, -0.2) is 0 Å². The average Bonchev–Trinajstić information content (AvgIpc) is 3.06. The maximum atomic E-state index is 12.1. The molecule has 100 valence electrons. The molecule has 2 aliphatic heterocycles. The molecule has 0 atom stereocenters. The third-order valence-corrected chi connectivity index (χ3v) is 5.36. The first-order valence-corrected chi connectivity index (χ1v) is 7.83. The molecule has 0 radical (unpaired) electrons. The van der Waals surface area contributed by atoms with Crippen LogP contribution in [-0.2, 0) is 9.59 Å². The van der Waals surface area contributed by atoms with Gasteiger partial charge in [0.1, 0.15) is 8.96 Å². The number of amides is 2. The van der Waals surface area contributed by atoms with Gasteiger partial charge in [-0.2, -0.15) is 0 Å². The van der Waals surface area contributed by atoms with Crippen LogP contribution in [0.2, 0.25) is 0 Å². The molecule has 0 unspecified atom stereocenters. The second kappa shape index (κ2) is 6.19. The number of nitrogens with zero attached hydrogens (tertiary/aromatic N) is 2. The zero-order valence-corrected chi connectivity index (χ0v) is 13.3. The quantitative estimate of drug-likeness (QED) is 0.690. The minimum absolute atomic E-state index is 0.0908. The summed E-state index contributed by atoms with van der Waals surface area (Å²) in [6.45, 7) is 3.14. The van der Waals surface area contributed by atoms with Gasteiger partial charge in [0.05, 0.1) is 0 Å². The Bertz CT molecular complexity index is 348. The monoisotopic (exact) mass is 378 g/mol. The molecule has 6 heteroatoms. The van der Waals surface area contributed by atoms with E-state index in [-0.39, 0.29) is 11.8 Å². The van der Waals surface area contributed by atoms with E-state index in [1.807, 2.05) is 0 Å². The minimum atomic E-state index is -0.0908. The van der Waals surface area contributed by atoms with E-state index in [9.17, 15) is 9.59 Å². The van der Waals surface area contributed by atoms with Crippen LogP contribution in [0.5, 0.6) is 0 Å². The summed E-state index contributed by atoms with van der Waals surface area (Å²) in [7, 11) is 0. The van der Waals surface area contributed by atoms with Gasteiger partial charge < -0.3 is 9.80 Å². The van der Waals surface area contributed by atoms with Gasteiger partial charge in [0.25, 0.3) is 11.8 Å². The lowest BCUT2D eigenvalue weighted by molar-refractivity contribution is -0.127. The Morgan fingerprint density at radius 3 is 1.22 bits per heavy atom. The van der Waals surface area contributed by atoms with Crippen molar-refractivity contribution in [3.63, 3.8) is 0 Å². The maximum absolute atomic E-state index is 12.1. The number of likely N-dealkylation sites (tertiary alicyclic amines) is 2. The lowest BCUT2D eigenvalue weighted by atomic mass is 10.4. The molecule has 4 nitrogen and oxygen atoms in total. The summed E-state index contributed by atoms with van der Waals surface area (Å²) < 4.78 is 0.697. The van der Waals surface area contributed by atoms with Crippen molar-refractivity contribution in [1.82, 2.24) is 9.80 Å². The topological polar surface area (TPSA) is 40.6 Å². The highest BCUT2D eigenvalue weighted by molar-refractivity contribution is 9.14. The van der Waals surface area contributed by atoms with Crippen LogP contribution in [0, 0.1) is 0 Å². The fourth-order valence-corrected chi connectivity index (χ4v) is 3.15. The highest BCUT2D eigenvalue weighted by Gasteiger charge is 2.27. The number of carbonyl (C=O) groups excluding carboxylic acids is 2. The van der Waals surface area contributed by atoms with Gasteiger partial charge in [0, 0.05) is 26.2 Å². The molecule has 0 aliphatic carbocycles. The summed E-state index contributed by atoms with van der Waals surface area (Å²) in [4.78, 5) is 27.8. The van der Waals surface area contributed by atoms with Gasteiger partial charge in [0.15, 0.2) is 0 Å². The zero-order valence-electron chi connectivity index (χ0n) is 10.1. The van der Waals surface area contributed by atoms with E-state index in [1.165, 1.54) is 0 Å². The number of carbonyl (C=O) groups is 2. The molecule has 2 amide bonds. The summed E-state index contributed by atoms with van der Waals surface area (Å²) >= 11 is 6.52. The summed E-state index contributed by atoms with van der Waals surface area (Å²) in [6.07, 6.45) is 4.18. The second-order valence-corrected chi connectivity index (χ2v) is 6.21. The Labute approximate surface area is 124 Å². The Morgan fingerprint density at radius 1 is 0.667 bits per heavy atom. The predicted octanol–water partition coefficient (Wildman–Crippen LogP) is 2.23. The van der Waals surface area contributed by atoms with E-state index in [0.717, 1.165) is 51.9 Å². The Balaban J connectivity index is 2.07. The van der Waals surface area contributed by atoms with E-state index >= 15 is 0 Å². The molecular formula is C12H16Br2N2O2. The van der Waals surface area contributed by atoms with Crippen molar-refractivity contribution >= 4 is 43.7 Å². The van der Waals surface area contributed by atoms with Crippen LogP contribution in [0.25, 0.3) is 0 Å². The van der Waals surface area contributed by atoms with Crippen LogP contribution in [0.4, 0.5) is 0 Å². The molecular weight excluding hydrogens is 364 g/mol. The first kappa shape index (κ1) is 14.1. The molecule has 2 rings (SSSR count). The van der Waals surface area contributed by atoms with Crippen molar-refractivity contribution in [2.24, 2.45) is 0 Å². The van der Waals surface area contributed by atoms with Crippen LogP contribution >= 0.6 is 31.9 Å². The first-order valence-electron chi connectivity index (χ1n) is 6.25. The third-order valence-electron chi connectivity index (χ3n) is 3.35. The van der Waals surface area contributed by atoms with Gasteiger partial charge in [-0.15, -0.1) is 0 Å². The van der Waals surface area contributed by atoms with Gasteiger partial charge in [-0.1, -0.05) is 0 Å². The molecule has 0 bridgehead atoms. The van der Waals surface area contributed by atoms with Crippen molar-refractivity contribution in [3.05, 3.63) is 8.96 Å². The van der Waals surface area contributed by atoms with Gasteiger partial charge in [-0.05, 0) is 57.5 Å². The number of halogens is 2. The van der Waals surface area contributed by atoms with Crippen molar-refractivity contribution < 1.29 is 9.59 Å². The largest absolute Gasteiger partial charge is 0.338 e. The second-order valence-electron chi connectivity index (χ2n) is 4.63. The summed E-state index contributed by atoms with van der Waals surface area (Å²) in [5, 5.41) is 0. The smallest absolute Gasteiger partial charge is 0.262 e.